The van der Waals surface area contributed by atoms with E-state index in [4.69, 9.17) is 0 Å². The summed E-state index contributed by atoms with van der Waals surface area (Å²) >= 11 is 3.29. The number of ketones is 1. The number of hydrogen-bond acceptors (Lipinski definition) is 4. The van der Waals surface area contributed by atoms with Gasteiger partial charge in [0.15, 0.2) is 21.7 Å². The maximum absolute atomic E-state index is 12.8. The first kappa shape index (κ1) is 17.7. The second-order valence-corrected chi connectivity index (χ2v) is 6.90. The Morgan fingerprint density at radius 3 is 2.39 bits per heavy atom. The third-order valence-electron chi connectivity index (χ3n) is 4.04. The molecule has 0 saturated carbocycles. The number of rotatable bonds is 5. The highest BCUT2D eigenvalue weighted by Crippen LogP contribution is 2.22. The minimum absolute atomic E-state index is 0.0908. The van der Waals surface area contributed by atoms with E-state index < -0.39 is 17.3 Å². The topological polar surface area (TPSA) is 78.9 Å². The number of nitrogens with zero attached hydrogens (tertiary/aromatic N) is 4. The van der Waals surface area contributed by atoms with Crippen LogP contribution < -0.4 is 11.2 Å². The fourth-order valence-corrected chi connectivity index (χ4v) is 3.09. The van der Waals surface area contributed by atoms with Crippen LogP contribution in [-0.2, 0) is 18.4 Å². The SMILES string of the molecule is CC(=O)[C@@H](C)n1c(Br)nc2c1c(=O)n(CCC(C)C)c(=O)n2C. The van der Waals surface area contributed by atoms with Crippen molar-refractivity contribution in [1.82, 2.24) is 18.7 Å². The summed E-state index contributed by atoms with van der Waals surface area (Å²) in [4.78, 5) is 41.3. The highest BCUT2D eigenvalue weighted by molar-refractivity contribution is 9.10. The molecule has 23 heavy (non-hydrogen) atoms. The molecule has 0 radical (unpaired) electrons. The van der Waals surface area contributed by atoms with Gasteiger partial charge in [-0.25, -0.2) is 9.78 Å². The van der Waals surface area contributed by atoms with Crippen LogP contribution in [0.5, 0.6) is 0 Å². The lowest BCUT2D eigenvalue weighted by molar-refractivity contribution is -0.119. The fourth-order valence-electron chi connectivity index (χ4n) is 2.43. The van der Waals surface area contributed by atoms with Crippen molar-refractivity contribution in [1.29, 1.82) is 0 Å². The predicted molar refractivity (Wildman–Crippen MR) is 91.8 cm³/mol. The molecule has 126 valence electrons. The molecule has 7 nitrogen and oxygen atoms in total. The first-order chi connectivity index (χ1) is 10.7. The standard InChI is InChI=1S/C15H21BrN4O3/c1-8(2)6-7-19-13(22)11-12(18(5)15(19)23)17-14(16)20(11)9(3)10(4)21/h8-9H,6-7H2,1-5H3/t9-/m1/s1. The Morgan fingerprint density at radius 1 is 1.26 bits per heavy atom. The average Bonchev–Trinajstić information content (AvgIpc) is 2.81. The van der Waals surface area contributed by atoms with E-state index in [-0.39, 0.29) is 16.9 Å². The van der Waals surface area contributed by atoms with Gasteiger partial charge in [-0.2, -0.15) is 0 Å². The van der Waals surface area contributed by atoms with Crippen LogP contribution in [0.3, 0.4) is 0 Å². The number of Topliss-reactive ketones (excluding diaryl/α,β-unsaturated/α-hetero) is 1. The van der Waals surface area contributed by atoms with Gasteiger partial charge in [0.05, 0.1) is 6.04 Å². The molecule has 0 N–H and O–H groups in total. The van der Waals surface area contributed by atoms with Crippen molar-refractivity contribution >= 4 is 32.9 Å². The van der Waals surface area contributed by atoms with Crippen molar-refractivity contribution in [3.63, 3.8) is 0 Å². The number of aryl methyl sites for hydroxylation is 1. The normalized spacial score (nSPS) is 13.0. The molecule has 0 aliphatic carbocycles. The van der Waals surface area contributed by atoms with Crippen LogP contribution in [0.4, 0.5) is 0 Å². The van der Waals surface area contributed by atoms with Gasteiger partial charge in [0, 0.05) is 13.6 Å². The lowest BCUT2D eigenvalue weighted by Gasteiger charge is -2.14. The first-order valence-electron chi connectivity index (χ1n) is 7.54. The summed E-state index contributed by atoms with van der Waals surface area (Å²) in [5.74, 6) is 0.280. The summed E-state index contributed by atoms with van der Waals surface area (Å²) < 4.78 is 4.49. The minimum atomic E-state index is -0.543. The lowest BCUT2D eigenvalue weighted by atomic mass is 10.1. The molecule has 0 aliphatic heterocycles. The molecule has 0 unspecified atom stereocenters. The van der Waals surface area contributed by atoms with Crippen LogP contribution in [0.2, 0.25) is 0 Å². The Hall–Kier alpha value is -1.70. The second kappa shape index (κ2) is 6.43. The van der Waals surface area contributed by atoms with Crippen LogP contribution in [0, 0.1) is 5.92 Å². The third kappa shape index (κ3) is 3.04. The molecule has 1 atom stereocenters. The second-order valence-electron chi connectivity index (χ2n) is 6.19. The predicted octanol–water partition coefficient (Wildman–Crippen LogP) is 1.86. The van der Waals surface area contributed by atoms with Gasteiger partial charge in [-0.05, 0) is 42.1 Å². The van der Waals surface area contributed by atoms with E-state index in [1.54, 1.807) is 18.5 Å². The number of carbonyl (C=O) groups excluding carboxylic acids is 1. The molecule has 0 spiro atoms. The molecule has 0 aromatic carbocycles. The van der Waals surface area contributed by atoms with Crippen molar-refractivity contribution in [3.8, 4) is 0 Å². The van der Waals surface area contributed by atoms with Gasteiger partial charge in [0.25, 0.3) is 5.56 Å². The Kier molecular flexibility index (Phi) is 4.93. The van der Waals surface area contributed by atoms with Crippen LogP contribution in [0.25, 0.3) is 11.2 Å². The smallest absolute Gasteiger partial charge is 0.302 e. The Balaban J connectivity index is 2.82. The highest BCUT2D eigenvalue weighted by Gasteiger charge is 2.23. The van der Waals surface area contributed by atoms with E-state index in [0.29, 0.717) is 17.2 Å². The summed E-state index contributed by atoms with van der Waals surface area (Å²) in [6, 6.07) is -0.543. The molecule has 2 rings (SSSR count). The summed E-state index contributed by atoms with van der Waals surface area (Å²) in [6.07, 6.45) is 0.720. The fraction of sp³-hybridized carbons (Fsp3) is 0.600. The molecule has 2 aromatic rings. The quantitative estimate of drug-likeness (QED) is 0.736. The van der Waals surface area contributed by atoms with E-state index in [9.17, 15) is 14.4 Å². The van der Waals surface area contributed by atoms with Gasteiger partial charge in [-0.1, -0.05) is 13.8 Å². The molecule has 0 amide bonds. The molecule has 2 aromatic heterocycles. The van der Waals surface area contributed by atoms with E-state index in [1.807, 2.05) is 13.8 Å². The monoisotopic (exact) mass is 384 g/mol. The van der Waals surface area contributed by atoms with Crippen LogP contribution >= 0.6 is 15.9 Å². The van der Waals surface area contributed by atoms with Gasteiger partial charge in [0.1, 0.15) is 0 Å². The number of aromatic nitrogens is 4. The van der Waals surface area contributed by atoms with Crippen molar-refractivity contribution in [2.75, 3.05) is 0 Å². The van der Waals surface area contributed by atoms with Crippen LogP contribution in [0.15, 0.2) is 14.3 Å². The molecule has 2 heterocycles. The Labute approximate surface area is 142 Å². The Bertz CT molecular complexity index is 875. The van der Waals surface area contributed by atoms with Gasteiger partial charge >= 0.3 is 5.69 Å². The highest BCUT2D eigenvalue weighted by atomic mass is 79.9. The van der Waals surface area contributed by atoms with E-state index >= 15 is 0 Å². The van der Waals surface area contributed by atoms with Crippen LogP contribution in [-0.4, -0.2) is 24.5 Å². The van der Waals surface area contributed by atoms with E-state index in [2.05, 4.69) is 20.9 Å². The molecule has 0 fully saturated rings. The summed E-state index contributed by atoms with van der Waals surface area (Å²) in [5, 5.41) is 0. The zero-order chi connectivity index (χ0) is 17.5. The number of hydrogen-bond donors (Lipinski definition) is 0. The van der Waals surface area contributed by atoms with Crippen molar-refractivity contribution < 1.29 is 4.79 Å². The van der Waals surface area contributed by atoms with Gasteiger partial charge < -0.3 is 4.57 Å². The van der Waals surface area contributed by atoms with E-state index in [1.165, 1.54) is 16.1 Å². The average molecular weight is 385 g/mol. The zero-order valence-electron chi connectivity index (χ0n) is 14.0. The molecular formula is C15H21BrN4O3. The lowest BCUT2D eigenvalue weighted by Crippen LogP contribution is -2.40. The molecular weight excluding hydrogens is 364 g/mol. The molecule has 0 saturated heterocycles. The summed E-state index contributed by atoms with van der Waals surface area (Å²) in [6.45, 7) is 7.58. The number of halogens is 1. The van der Waals surface area contributed by atoms with E-state index in [0.717, 1.165) is 6.42 Å². The third-order valence-corrected chi connectivity index (χ3v) is 4.60. The van der Waals surface area contributed by atoms with Crippen molar-refractivity contribution in [3.05, 3.63) is 25.6 Å². The summed E-state index contributed by atoms with van der Waals surface area (Å²) in [5.41, 5.74) is -0.253. The maximum atomic E-state index is 12.8. The molecule has 0 aliphatic rings. The molecule has 8 heteroatoms. The number of carbonyl (C=O) groups is 1. The largest absolute Gasteiger partial charge is 0.332 e. The van der Waals surface area contributed by atoms with Gasteiger partial charge in [0.2, 0.25) is 0 Å². The summed E-state index contributed by atoms with van der Waals surface area (Å²) in [7, 11) is 1.58. The van der Waals surface area contributed by atoms with Gasteiger partial charge in [-0.15, -0.1) is 0 Å². The Morgan fingerprint density at radius 2 is 1.87 bits per heavy atom. The van der Waals surface area contributed by atoms with Crippen molar-refractivity contribution in [2.45, 2.75) is 46.7 Å². The number of imidazole rings is 1. The maximum Gasteiger partial charge on any atom is 0.332 e. The van der Waals surface area contributed by atoms with Crippen LogP contribution in [0.1, 0.15) is 40.2 Å². The zero-order valence-corrected chi connectivity index (χ0v) is 15.5. The first-order valence-corrected chi connectivity index (χ1v) is 8.33. The minimum Gasteiger partial charge on any atom is -0.302 e. The van der Waals surface area contributed by atoms with Crippen molar-refractivity contribution in [2.24, 2.45) is 13.0 Å². The van der Waals surface area contributed by atoms with Gasteiger partial charge in [-0.3, -0.25) is 18.7 Å². The number of fused-ring (bicyclic) bond motifs is 1. The molecule has 0 bridgehead atoms.